The van der Waals surface area contributed by atoms with Crippen LogP contribution in [-0.4, -0.2) is 83.1 Å². The number of aromatic nitrogens is 3. The summed E-state index contributed by atoms with van der Waals surface area (Å²) in [6, 6.07) is 4.87. The smallest absolute Gasteiger partial charge is 0.352 e. The summed E-state index contributed by atoms with van der Waals surface area (Å²) in [6.07, 6.45) is 4.48. The first-order valence-corrected chi connectivity index (χ1v) is 14.7. The number of hydrogen-bond donors (Lipinski definition) is 3. The first-order valence-electron chi connectivity index (χ1n) is 14.3. The second-order valence-electron chi connectivity index (χ2n) is 11.4. The van der Waals surface area contributed by atoms with E-state index in [1.54, 1.807) is 18.2 Å². The lowest BCUT2D eigenvalue weighted by atomic mass is 9.95. The molecule has 0 bridgehead atoms. The molecule has 6 rings (SSSR count). The second kappa shape index (κ2) is 11.1. The molecule has 1 unspecified atom stereocenters. The number of ether oxygens (including phenoxy) is 1. The third kappa shape index (κ3) is 5.13. The van der Waals surface area contributed by atoms with Crippen LogP contribution in [0, 0.1) is 5.41 Å². The molecule has 0 aliphatic carbocycles. The monoisotopic (exact) mass is 602 g/mol. The first-order chi connectivity index (χ1) is 20.1. The number of anilines is 2. The predicted molar refractivity (Wildman–Crippen MR) is 158 cm³/mol. The van der Waals surface area contributed by atoms with Gasteiger partial charge < -0.3 is 26.1 Å². The van der Waals surface area contributed by atoms with E-state index >= 15 is 8.78 Å². The van der Waals surface area contributed by atoms with E-state index in [4.69, 9.17) is 32.5 Å². The Balaban J connectivity index is 1.52. The normalized spacial score (nSPS) is 24.7. The Labute approximate surface area is 247 Å². The van der Waals surface area contributed by atoms with Crippen LogP contribution >= 0.6 is 11.6 Å². The van der Waals surface area contributed by atoms with Crippen LogP contribution in [0.15, 0.2) is 24.4 Å². The molecule has 0 radical (unpaired) electrons. The lowest BCUT2D eigenvalue weighted by molar-refractivity contribution is 0.0965. The minimum Gasteiger partial charge on any atom is -0.461 e. The lowest BCUT2D eigenvalue weighted by Crippen LogP contribution is -2.50. The third-order valence-electron chi connectivity index (χ3n) is 8.80. The van der Waals surface area contributed by atoms with Crippen molar-refractivity contribution < 1.29 is 17.9 Å². The van der Waals surface area contributed by atoms with Gasteiger partial charge >= 0.3 is 11.4 Å². The summed E-state index contributed by atoms with van der Waals surface area (Å²) in [5.41, 5.74) is 5.49. The zero-order chi connectivity index (χ0) is 29.6. The minimum atomic E-state index is -3.88. The molecule has 3 aliphatic rings. The number of alkyl halides is 4. The highest BCUT2D eigenvalue weighted by atomic mass is 35.5. The molecule has 5 heterocycles. The predicted octanol–water partition coefficient (Wildman–Crippen LogP) is 4.70. The molecular formula is C29H34ClF3N8O. The lowest BCUT2D eigenvalue weighted by Gasteiger charge is -2.35. The fraction of sp³-hybridized carbons (Fsp3) is 0.517. The summed E-state index contributed by atoms with van der Waals surface area (Å²) >= 11 is 5.80. The molecule has 3 aliphatic heterocycles. The number of halogens is 4. The quantitative estimate of drug-likeness (QED) is 0.193. The number of rotatable bonds is 8. The van der Waals surface area contributed by atoms with Crippen LogP contribution in [0.4, 0.5) is 24.7 Å². The van der Waals surface area contributed by atoms with Crippen LogP contribution in [-0.2, 0) is 5.38 Å². The number of nitrogens with two attached hydrogens (primary N) is 1. The summed E-state index contributed by atoms with van der Waals surface area (Å²) in [4.78, 5) is 17.8. The number of piperazine rings is 1. The van der Waals surface area contributed by atoms with Gasteiger partial charge in [0.25, 0.3) is 0 Å². The van der Waals surface area contributed by atoms with Crippen LogP contribution in [0.5, 0.6) is 6.01 Å². The molecular weight excluding hydrogens is 569 g/mol. The Morgan fingerprint density at radius 3 is 2.88 bits per heavy atom. The van der Waals surface area contributed by atoms with Crippen LogP contribution < -0.4 is 20.7 Å². The maximum Gasteiger partial charge on any atom is 0.352 e. The van der Waals surface area contributed by atoms with E-state index in [1.165, 1.54) is 6.20 Å². The Bertz CT molecular complexity index is 1500. The Kier molecular flexibility index (Phi) is 7.65. The van der Waals surface area contributed by atoms with E-state index in [-0.39, 0.29) is 46.7 Å². The molecule has 0 saturated carbocycles. The van der Waals surface area contributed by atoms with Gasteiger partial charge in [0.05, 0.1) is 27.7 Å². The van der Waals surface area contributed by atoms with Crippen LogP contribution in [0.25, 0.3) is 22.2 Å². The van der Waals surface area contributed by atoms with Crippen molar-refractivity contribution in [1.29, 1.82) is 5.41 Å². The molecule has 1 aromatic carbocycles. The van der Waals surface area contributed by atoms with E-state index in [0.717, 1.165) is 32.0 Å². The van der Waals surface area contributed by atoms with Gasteiger partial charge in [-0.15, -0.1) is 0 Å². The zero-order valence-electron chi connectivity index (χ0n) is 23.3. The summed E-state index contributed by atoms with van der Waals surface area (Å²) in [5.74, 6) is 0.423. The minimum absolute atomic E-state index is 0.0771. The van der Waals surface area contributed by atoms with E-state index in [2.05, 4.69) is 27.1 Å². The molecule has 13 heteroatoms. The molecule has 3 saturated heterocycles. The fourth-order valence-electron chi connectivity index (χ4n) is 6.72. The summed E-state index contributed by atoms with van der Waals surface area (Å²) in [6.45, 7) is 5.25. The topological polar surface area (TPSA) is 116 Å². The van der Waals surface area contributed by atoms with Crippen molar-refractivity contribution in [3.8, 4) is 17.3 Å². The fourth-order valence-corrected chi connectivity index (χ4v) is 6.90. The Hall–Kier alpha value is -3.22. The zero-order valence-corrected chi connectivity index (χ0v) is 24.1. The van der Waals surface area contributed by atoms with Crippen molar-refractivity contribution in [3.63, 3.8) is 0 Å². The molecule has 4 N–H and O–H groups in total. The average molecular weight is 603 g/mol. The average Bonchev–Trinajstić information content (AvgIpc) is 3.50. The summed E-state index contributed by atoms with van der Waals surface area (Å²) in [5, 5.41) is 7.76. The Morgan fingerprint density at radius 1 is 1.29 bits per heavy atom. The number of benzene rings is 1. The van der Waals surface area contributed by atoms with Crippen LogP contribution in [0.2, 0.25) is 0 Å². The van der Waals surface area contributed by atoms with E-state index in [1.807, 2.05) is 4.90 Å². The molecule has 3 aromatic rings. The van der Waals surface area contributed by atoms with Crippen molar-refractivity contribution in [2.75, 3.05) is 50.0 Å². The summed E-state index contributed by atoms with van der Waals surface area (Å²) in [7, 11) is 0. The number of pyridine rings is 1. The SMILES string of the molecule is CCC1CN(c2nc(OC[C@]34CCCN3C[C@@H](F)C4)nc3c(C(F)(F)Cl)c(-c4cccc(N)c4C=N)ncc23)CCN1. The second-order valence-corrected chi connectivity index (χ2v) is 11.9. The van der Waals surface area contributed by atoms with Gasteiger partial charge in [-0.1, -0.05) is 19.1 Å². The summed E-state index contributed by atoms with van der Waals surface area (Å²) < 4.78 is 51.4. The molecule has 0 amide bonds. The number of fused-ring (bicyclic) bond motifs is 2. The van der Waals surface area contributed by atoms with Gasteiger partial charge in [-0.2, -0.15) is 18.7 Å². The van der Waals surface area contributed by atoms with Crippen molar-refractivity contribution in [3.05, 3.63) is 35.5 Å². The van der Waals surface area contributed by atoms with Crippen LogP contribution in [0.3, 0.4) is 0 Å². The highest BCUT2D eigenvalue weighted by Gasteiger charge is 2.49. The van der Waals surface area contributed by atoms with E-state index in [9.17, 15) is 4.39 Å². The van der Waals surface area contributed by atoms with Crippen molar-refractivity contribution >= 4 is 40.2 Å². The van der Waals surface area contributed by atoms with Gasteiger partial charge in [0, 0.05) is 67.9 Å². The third-order valence-corrected chi connectivity index (χ3v) is 8.99. The number of nitrogens with one attached hydrogen (secondary N) is 2. The number of nitrogens with zero attached hydrogens (tertiary/aromatic N) is 5. The molecule has 2 aromatic heterocycles. The van der Waals surface area contributed by atoms with Gasteiger partial charge in [0.15, 0.2) is 0 Å². The van der Waals surface area contributed by atoms with Crippen LogP contribution in [0.1, 0.15) is 43.7 Å². The highest BCUT2D eigenvalue weighted by molar-refractivity contribution is 6.23. The number of nitrogen functional groups attached to an aromatic ring is 1. The van der Waals surface area contributed by atoms with E-state index in [0.29, 0.717) is 43.8 Å². The highest BCUT2D eigenvalue weighted by Crippen LogP contribution is 2.45. The van der Waals surface area contributed by atoms with Crippen molar-refractivity contribution in [2.24, 2.45) is 0 Å². The molecule has 0 spiro atoms. The van der Waals surface area contributed by atoms with Gasteiger partial charge in [0.2, 0.25) is 0 Å². The molecule has 224 valence electrons. The molecule has 3 fully saturated rings. The van der Waals surface area contributed by atoms with Gasteiger partial charge in [0.1, 0.15) is 18.6 Å². The Morgan fingerprint density at radius 2 is 2.12 bits per heavy atom. The number of hydrogen-bond acceptors (Lipinski definition) is 9. The van der Waals surface area contributed by atoms with Gasteiger partial charge in [-0.25, -0.2) is 4.39 Å². The maximum atomic E-state index is 15.4. The molecule has 3 atom stereocenters. The largest absolute Gasteiger partial charge is 0.461 e. The maximum absolute atomic E-state index is 15.4. The molecule has 42 heavy (non-hydrogen) atoms. The standard InChI is InChI=1S/C29H34ClF3N8O/c1-2-18-15-40(10-8-36-18)26-21-13-37-24(19-5-3-6-22(35)20(19)12-34)23(29(30,32)33)25(21)38-27(39-26)42-16-28-7-4-9-41(28)14-17(31)11-28/h3,5-6,12-13,17-18,34,36H,2,4,7-11,14-16,35H2,1H3/t17-,18?,28+/m0/s1. The van der Waals surface area contributed by atoms with Crippen molar-refractivity contribution in [1.82, 2.24) is 25.2 Å². The van der Waals surface area contributed by atoms with E-state index < -0.39 is 22.7 Å². The van der Waals surface area contributed by atoms with Gasteiger partial charge in [-0.05, 0) is 43.5 Å². The molecule has 9 nitrogen and oxygen atoms in total. The van der Waals surface area contributed by atoms with Crippen molar-refractivity contribution in [2.45, 2.75) is 55.7 Å². The first kappa shape index (κ1) is 28.9. The van der Waals surface area contributed by atoms with Gasteiger partial charge in [-0.3, -0.25) is 9.88 Å².